The number of nitrogens with zero attached hydrogens (tertiary/aromatic N) is 2. The second-order valence-corrected chi connectivity index (χ2v) is 6.66. The number of hydrogen-bond donors (Lipinski definition) is 0. The van der Waals surface area contributed by atoms with Crippen molar-refractivity contribution in [2.45, 2.75) is 32.2 Å². The van der Waals surface area contributed by atoms with E-state index in [1.54, 1.807) is 43.2 Å². The van der Waals surface area contributed by atoms with Crippen LogP contribution in [0.25, 0.3) is 0 Å². The summed E-state index contributed by atoms with van der Waals surface area (Å²) in [5, 5.41) is 0. The Hall–Kier alpha value is -3.15. The molecule has 3 amide bonds. The lowest BCUT2D eigenvalue weighted by atomic mass is 10.1. The third-order valence-electron chi connectivity index (χ3n) is 4.94. The van der Waals surface area contributed by atoms with Crippen LogP contribution in [0.4, 0.5) is 5.69 Å². The second-order valence-electron chi connectivity index (χ2n) is 6.66. The van der Waals surface area contributed by atoms with Gasteiger partial charge in [-0.25, -0.2) is 4.90 Å². The highest BCUT2D eigenvalue weighted by molar-refractivity contribution is 6.23. The molecule has 0 radical (unpaired) electrons. The van der Waals surface area contributed by atoms with Crippen LogP contribution in [0.15, 0.2) is 54.6 Å². The smallest absolute Gasteiger partial charge is 0.257 e. The molecule has 0 N–H and O–H groups in total. The van der Waals surface area contributed by atoms with Crippen LogP contribution in [0, 0.1) is 0 Å². The molecule has 1 heterocycles. The number of imide groups is 1. The maximum atomic E-state index is 13.0. The summed E-state index contributed by atoms with van der Waals surface area (Å²) in [6.07, 6.45) is 0.896. The topological polar surface area (TPSA) is 66.9 Å². The van der Waals surface area contributed by atoms with Gasteiger partial charge < -0.3 is 9.64 Å². The van der Waals surface area contributed by atoms with Crippen molar-refractivity contribution < 1.29 is 19.1 Å². The summed E-state index contributed by atoms with van der Waals surface area (Å²) in [6.45, 7) is 2.14. The minimum absolute atomic E-state index is 0.0160. The van der Waals surface area contributed by atoms with Crippen molar-refractivity contribution in [2.75, 3.05) is 18.6 Å². The molecule has 1 aliphatic heterocycles. The Balaban J connectivity index is 1.76. The largest absolute Gasteiger partial charge is 0.497 e. The maximum Gasteiger partial charge on any atom is 0.257 e. The maximum absolute atomic E-state index is 13.0. The highest BCUT2D eigenvalue weighted by Crippen LogP contribution is 2.26. The van der Waals surface area contributed by atoms with Gasteiger partial charge in [0, 0.05) is 13.0 Å². The van der Waals surface area contributed by atoms with Gasteiger partial charge in [0.2, 0.25) is 11.8 Å². The van der Waals surface area contributed by atoms with Crippen molar-refractivity contribution in [1.29, 1.82) is 0 Å². The zero-order valence-corrected chi connectivity index (χ0v) is 16.1. The molecule has 0 aliphatic carbocycles. The molecule has 6 heteroatoms. The predicted molar refractivity (Wildman–Crippen MR) is 106 cm³/mol. The van der Waals surface area contributed by atoms with Crippen LogP contribution in [-0.4, -0.2) is 42.3 Å². The lowest BCUT2D eigenvalue weighted by molar-refractivity contribution is -0.138. The van der Waals surface area contributed by atoms with Gasteiger partial charge in [-0.1, -0.05) is 37.3 Å². The molecule has 1 saturated heterocycles. The molecular formula is C22H24N2O4. The molecule has 0 bridgehead atoms. The fourth-order valence-electron chi connectivity index (χ4n) is 3.41. The van der Waals surface area contributed by atoms with Crippen LogP contribution < -0.4 is 9.64 Å². The quantitative estimate of drug-likeness (QED) is 0.693. The van der Waals surface area contributed by atoms with Crippen LogP contribution in [-0.2, 0) is 20.8 Å². The third kappa shape index (κ3) is 4.06. The summed E-state index contributed by atoms with van der Waals surface area (Å²) < 4.78 is 5.16. The van der Waals surface area contributed by atoms with Gasteiger partial charge in [-0.05, 0) is 36.2 Å². The summed E-state index contributed by atoms with van der Waals surface area (Å²) >= 11 is 0. The first-order valence-corrected chi connectivity index (χ1v) is 9.39. The fourth-order valence-corrected chi connectivity index (χ4v) is 3.41. The minimum atomic E-state index is -0.751. The molecule has 1 unspecified atom stereocenters. The van der Waals surface area contributed by atoms with Crippen LogP contribution in [0.1, 0.15) is 25.3 Å². The highest BCUT2D eigenvalue weighted by atomic mass is 16.5. The predicted octanol–water partition coefficient (Wildman–Crippen LogP) is 2.81. The Kier molecular flexibility index (Phi) is 6.09. The SMILES string of the molecule is CCC(=O)N(CCc1ccc(OC)cc1)C1CC(=O)N(c2ccccc2)C1=O. The van der Waals surface area contributed by atoms with E-state index in [4.69, 9.17) is 4.74 Å². The molecule has 3 rings (SSSR count). The van der Waals surface area contributed by atoms with E-state index in [9.17, 15) is 14.4 Å². The number of benzene rings is 2. The first-order valence-electron chi connectivity index (χ1n) is 9.39. The number of para-hydroxylation sites is 1. The number of hydrogen-bond acceptors (Lipinski definition) is 4. The Morgan fingerprint density at radius 1 is 1.11 bits per heavy atom. The van der Waals surface area contributed by atoms with Crippen molar-refractivity contribution >= 4 is 23.4 Å². The minimum Gasteiger partial charge on any atom is -0.497 e. The number of ether oxygens (including phenoxy) is 1. The zero-order valence-electron chi connectivity index (χ0n) is 16.1. The standard InChI is InChI=1S/C22H24N2O4/c1-3-20(25)23(14-13-16-9-11-18(28-2)12-10-16)19-15-21(26)24(22(19)27)17-7-5-4-6-8-17/h4-12,19H,3,13-15H2,1-2H3. The lowest BCUT2D eigenvalue weighted by Crippen LogP contribution is -2.46. The molecule has 0 aromatic heterocycles. The second kappa shape index (κ2) is 8.69. The summed E-state index contributed by atoms with van der Waals surface area (Å²) in [5.74, 6) is 0.0159. The van der Waals surface area contributed by atoms with Crippen LogP contribution in [0.3, 0.4) is 0 Å². The average Bonchev–Trinajstić information content (AvgIpc) is 3.02. The van der Waals surface area contributed by atoms with E-state index >= 15 is 0 Å². The van der Waals surface area contributed by atoms with Gasteiger partial charge >= 0.3 is 0 Å². The molecule has 1 atom stereocenters. The van der Waals surface area contributed by atoms with E-state index in [0.717, 1.165) is 11.3 Å². The van der Waals surface area contributed by atoms with Crippen LogP contribution >= 0.6 is 0 Å². The van der Waals surface area contributed by atoms with Gasteiger partial charge in [0.1, 0.15) is 11.8 Å². The molecule has 146 valence electrons. The normalized spacial score (nSPS) is 16.4. The molecule has 2 aromatic carbocycles. The van der Waals surface area contributed by atoms with E-state index in [1.165, 1.54) is 4.90 Å². The monoisotopic (exact) mass is 380 g/mol. The molecule has 0 spiro atoms. The van der Waals surface area contributed by atoms with Crippen molar-refractivity contribution in [3.8, 4) is 5.75 Å². The molecule has 0 saturated carbocycles. The summed E-state index contributed by atoms with van der Waals surface area (Å²) in [6, 6.07) is 15.7. The van der Waals surface area contributed by atoms with Crippen LogP contribution in [0.2, 0.25) is 0 Å². The number of methoxy groups -OCH3 is 1. The first kappa shape index (κ1) is 19.6. The number of carbonyl (C=O) groups is 3. The van der Waals surface area contributed by atoms with E-state index in [1.807, 2.05) is 30.3 Å². The van der Waals surface area contributed by atoms with Gasteiger partial charge in [0.15, 0.2) is 0 Å². The lowest BCUT2D eigenvalue weighted by Gasteiger charge is -2.27. The third-order valence-corrected chi connectivity index (χ3v) is 4.94. The summed E-state index contributed by atoms with van der Waals surface area (Å²) in [4.78, 5) is 40.8. The van der Waals surface area contributed by atoms with E-state index in [-0.39, 0.29) is 30.6 Å². The Bertz CT molecular complexity index is 849. The van der Waals surface area contributed by atoms with Crippen molar-refractivity contribution in [3.05, 3.63) is 60.2 Å². The number of carbonyl (C=O) groups excluding carboxylic acids is 3. The molecule has 6 nitrogen and oxygen atoms in total. The molecule has 1 fully saturated rings. The average molecular weight is 380 g/mol. The van der Waals surface area contributed by atoms with Crippen molar-refractivity contribution in [1.82, 2.24) is 4.90 Å². The van der Waals surface area contributed by atoms with Crippen molar-refractivity contribution in [3.63, 3.8) is 0 Å². The van der Waals surface area contributed by atoms with E-state index in [0.29, 0.717) is 18.7 Å². The zero-order chi connectivity index (χ0) is 20.1. The Labute approximate surface area is 164 Å². The number of amides is 3. The number of rotatable bonds is 7. The molecular weight excluding hydrogens is 356 g/mol. The summed E-state index contributed by atoms with van der Waals surface area (Å²) in [5.41, 5.74) is 1.57. The van der Waals surface area contributed by atoms with E-state index in [2.05, 4.69) is 0 Å². The van der Waals surface area contributed by atoms with E-state index < -0.39 is 6.04 Å². The van der Waals surface area contributed by atoms with Gasteiger partial charge in [0.25, 0.3) is 5.91 Å². The highest BCUT2D eigenvalue weighted by Gasteiger charge is 2.43. The van der Waals surface area contributed by atoms with Gasteiger partial charge in [-0.2, -0.15) is 0 Å². The van der Waals surface area contributed by atoms with Crippen molar-refractivity contribution in [2.24, 2.45) is 0 Å². The number of anilines is 1. The summed E-state index contributed by atoms with van der Waals surface area (Å²) in [7, 11) is 1.61. The molecule has 1 aliphatic rings. The molecule has 28 heavy (non-hydrogen) atoms. The van der Waals surface area contributed by atoms with Gasteiger partial charge in [0.05, 0.1) is 19.2 Å². The first-order chi connectivity index (χ1) is 13.5. The van der Waals surface area contributed by atoms with Gasteiger partial charge in [-0.3, -0.25) is 14.4 Å². The Morgan fingerprint density at radius 3 is 2.39 bits per heavy atom. The van der Waals surface area contributed by atoms with Gasteiger partial charge in [-0.15, -0.1) is 0 Å². The van der Waals surface area contributed by atoms with Crippen LogP contribution in [0.5, 0.6) is 5.75 Å². The Morgan fingerprint density at radius 2 is 1.79 bits per heavy atom. The fraction of sp³-hybridized carbons (Fsp3) is 0.318. The molecule has 2 aromatic rings.